The largest absolute Gasteiger partial charge is 0.396 e. The SMILES string of the molecule is CCCCCC1CCC(C2CCC(CO)CC2F)CC1. The average Bonchev–Trinajstić information content (AvgIpc) is 2.48. The molecule has 1 nitrogen and oxygen atoms in total. The Labute approximate surface area is 124 Å². The molecular weight excluding hydrogens is 251 g/mol. The minimum atomic E-state index is -0.650. The molecular formula is C18H33FO. The lowest BCUT2D eigenvalue weighted by atomic mass is 9.68. The summed E-state index contributed by atoms with van der Waals surface area (Å²) in [6.45, 7) is 2.44. The van der Waals surface area contributed by atoms with E-state index in [0.717, 1.165) is 18.8 Å². The van der Waals surface area contributed by atoms with Crippen LogP contribution in [0.3, 0.4) is 0 Å². The van der Waals surface area contributed by atoms with E-state index in [0.29, 0.717) is 18.3 Å². The molecule has 0 aliphatic heterocycles. The van der Waals surface area contributed by atoms with Gasteiger partial charge < -0.3 is 5.11 Å². The van der Waals surface area contributed by atoms with Gasteiger partial charge in [-0.05, 0) is 55.8 Å². The lowest BCUT2D eigenvalue weighted by Gasteiger charge is -2.39. The second-order valence-corrected chi connectivity index (χ2v) is 7.32. The predicted molar refractivity (Wildman–Crippen MR) is 82.4 cm³/mol. The Bertz CT molecular complexity index is 260. The first-order valence-electron chi connectivity index (χ1n) is 8.99. The maximum absolute atomic E-state index is 14.3. The fourth-order valence-corrected chi connectivity index (χ4v) is 4.50. The van der Waals surface area contributed by atoms with E-state index >= 15 is 0 Å². The smallest absolute Gasteiger partial charge is 0.104 e. The Morgan fingerprint density at radius 1 is 0.950 bits per heavy atom. The van der Waals surface area contributed by atoms with E-state index in [4.69, 9.17) is 0 Å². The van der Waals surface area contributed by atoms with Crippen molar-refractivity contribution in [3.8, 4) is 0 Å². The van der Waals surface area contributed by atoms with Crippen LogP contribution in [0.2, 0.25) is 0 Å². The van der Waals surface area contributed by atoms with Crippen molar-refractivity contribution in [3.63, 3.8) is 0 Å². The standard InChI is InChI=1S/C18H33FO/c1-2-3-4-5-14-6-9-16(10-7-14)17-11-8-15(13-20)12-18(17)19/h14-18,20H,2-13H2,1H3. The summed E-state index contributed by atoms with van der Waals surface area (Å²) in [5.41, 5.74) is 0. The normalized spacial score (nSPS) is 38.9. The summed E-state index contributed by atoms with van der Waals surface area (Å²) in [5.74, 6) is 2.08. The van der Waals surface area contributed by atoms with Crippen LogP contribution in [-0.2, 0) is 0 Å². The van der Waals surface area contributed by atoms with E-state index in [1.165, 1.54) is 51.4 Å². The highest BCUT2D eigenvalue weighted by atomic mass is 19.1. The molecule has 118 valence electrons. The Kier molecular flexibility index (Phi) is 6.80. The molecule has 1 N–H and O–H groups in total. The van der Waals surface area contributed by atoms with Crippen molar-refractivity contribution in [2.75, 3.05) is 6.61 Å². The van der Waals surface area contributed by atoms with E-state index in [1.54, 1.807) is 0 Å². The fourth-order valence-electron chi connectivity index (χ4n) is 4.50. The summed E-state index contributed by atoms with van der Waals surface area (Å²) in [7, 11) is 0. The van der Waals surface area contributed by atoms with E-state index in [9.17, 15) is 9.50 Å². The highest BCUT2D eigenvalue weighted by Crippen LogP contribution is 2.43. The summed E-state index contributed by atoms with van der Waals surface area (Å²) in [4.78, 5) is 0. The molecule has 0 spiro atoms. The molecule has 2 rings (SSSR count). The summed E-state index contributed by atoms with van der Waals surface area (Å²) < 4.78 is 14.3. The third-order valence-corrected chi connectivity index (χ3v) is 5.90. The third-order valence-electron chi connectivity index (χ3n) is 5.90. The number of alkyl halides is 1. The number of rotatable bonds is 6. The van der Waals surface area contributed by atoms with E-state index in [1.807, 2.05) is 0 Å². The Morgan fingerprint density at radius 3 is 2.25 bits per heavy atom. The Balaban J connectivity index is 1.71. The lowest BCUT2D eigenvalue weighted by molar-refractivity contribution is 0.0414. The topological polar surface area (TPSA) is 20.2 Å². The summed E-state index contributed by atoms with van der Waals surface area (Å²) >= 11 is 0. The molecule has 20 heavy (non-hydrogen) atoms. The summed E-state index contributed by atoms with van der Waals surface area (Å²) in [6, 6.07) is 0. The van der Waals surface area contributed by atoms with Crippen LogP contribution in [0.4, 0.5) is 4.39 Å². The van der Waals surface area contributed by atoms with Crippen LogP contribution in [-0.4, -0.2) is 17.9 Å². The maximum atomic E-state index is 14.3. The van der Waals surface area contributed by atoms with Crippen LogP contribution in [0, 0.1) is 23.7 Å². The first-order chi connectivity index (χ1) is 9.74. The van der Waals surface area contributed by atoms with Crippen LogP contribution < -0.4 is 0 Å². The number of hydrogen-bond acceptors (Lipinski definition) is 1. The first kappa shape index (κ1) is 16.3. The fraction of sp³-hybridized carbons (Fsp3) is 1.00. The van der Waals surface area contributed by atoms with Gasteiger partial charge in [-0.15, -0.1) is 0 Å². The van der Waals surface area contributed by atoms with Gasteiger partial charge in [0.05, 0.1) is 0 Å². The number of aliphatic hydroxyl groups excluding tert-OH is 1. The zero-order chi connectivity index (χ0) is 14.4. The van der Waals surface area contributed by atoms with E-state index in [2.05, 4.69) is 6.92 Å². The van der Waals surface area contributed by atoms with Gasteiger partial charge in [0.15, 0.2) is 0 Å². The summed E-state index contributed by atoms with van der Waals surface area (Å²) in [5, 5.41) is 9.18. The zero-order valence-corrected chi connectivity index (χ0v) is 13.2. The number of aliphatic hydroxyl groups is 1. The zero-order valence-electron chi connectivity index (χ0n) is 13.2. The number of unbranched alkanes of at least 4 members (excludes halogenated alkanes) is 2. The molecule has 0 amide bonds. The molecule has 0 aromatic carbocycles. The third kappa shape index (κ3) is 4.44. The quantitative estimate of drug-likeness (QED) is 0.671. The number of halogens is 1. The van der Waals surface area contributed by atoms with Gasteiger partial charge in [-0.1, -0.05) is 45.4 Å². The minimum Gasteiger partial charge on any atom is -0.396 e. The van der Waals surface area contributed by atoms with Crippen molar-refractivity contribution in [1.82, 2.24) is 0 Å². The van der Waals surface area contributed by atoms with Crippen molar-refractivity contribution in [1.29, 1.82) is 0 Å². The van der Waals surface area contributed by atoms with Crippen LogP contribution >= 0.6 is 0 Å². The lowest BCUT2D eigenvalue weighted by Crippen LogP contribution is -2.34. The molecule has 2 aliphatic rings. The molecule has 0 aromatic rings. The van der Waals surface area contributed by atoms with Gasteiger partial charge in [0.2, 0.25) is 0 Å². The molecule has 0 bridgehead atoms. The molecule has 2 saturated carbocycles. The van der Waals surface area contributed by atoms with Gasteiger partial charge >= 0.3 is 0 Å². The van der Waals surface area contributed by atoms with Crippen molar-refractivity contribution in [3.05, 3.63) is 0 Å². The van der Waals surface area contributed by atoms with Gasteiger partial charge in [0, 0.05) is 6.61 Å². The minimum absolute atomic E-state index is 0.178. The molecule has 0 heterocycles. The van der Waals surface area contributed by atoms with Crippen LogP contribution in [0.5, 0.6) is 0 Å². The van der Waals surface area contributed by atoms with Gasteiger partial charge in [0.25, 0.3) is 0 Å². The average molecular weight is 284 g/mol. The van der Waals surface area contributed by atoms with Gasteiger partial charge in [0.1, 0.15) is 6.17 Å². The van der Waals surface area contributed by atoms with Crippen molar-refractivity contribution in [2.24, 2.45) is 23.7 Å². The Hall–Kier alpha value is -0.110. The number of hydrogen-bond donors (Lipinski definition) is 1. The summed E-state index contributed by atoms with van der Waals surface area (Å²) in [6.07, 6.45) is 12.7. The van der Waals surface area contributed by atoms with E-state index in [-0.39, 0.29) is 12.5 Å². The van der Waals surface area contributed by atoms with Gasteiger partial charge in [-0.3, -0.25) is 0 Å². The highest BCUT2D eigenvalue weighted by molar-refractivity contribution is 4.87. The molecule has 3 atom stereocenters. The second kappa shape index (κ2) is 8.36. The van der Waals surface area contributed by atoms with E-state index < -0.39 is 6.17 Å². The maximum Gasteiger partial charge on any atom is 0.104 e. The predicted octanol–water partition coefficient (Wildman–Crippen LogP) is 5.12. The molecule has 2 aliphatic carbocycles. The molecule has 3 unspecified atom stereocenters. The van der Waals surface area contributed by atoms with Crippen molar-refractivity contribution >= 4 is 0 Å². The molecule has 0 saturated heterocycles. The van der Waals surface area contributed by atoms with Crippen molar-refractivity contribution in [2.45, 2.75) is 83.7 Å². The van der Waals surface area contributed by atoms with Crippen LogP contribution in [0.25, 0.3) is 0 Å². The van der Waals surface area contributed by atoms with Gasteiger partial charge in [-0.25, -0.2) is 4.39 Å². The second-order valence-electron chi connectivity index (χ2n) is 7.32. The monoisotopic (exact) mass is 284 g/mol. The molecule has 2 fully saturated rings. The van der Waals surface area contributed by atoms with Crippen LogP contribution in [0.1, 0.15) is 77.6 Å². The molecule has 2 heteroatoms. The first-order valence-corrected chi connectivity index (χ1v) is 8.99. The highest BCUT2D eigenvalue weighted by Gasteiger charge is 2.36. The Morgan fingerprint density at radius 2 is 1.65 bits per heavy atom. The van der Waals surface area contributed by atoms with Gasteiger partial charge in [-0.2, -0.15) is 0 Å². The van der Waals surface area contributed by atoms with Crippen LogP contribution in [0.15, 0.2) is 0 Å². The molecule has 0 aromatic heterocycles. The van der Waals surface area contributed by atoms with Crippen molar-refractivity contribution < 1.29 is 9.50 Å². The molecule has 0 radical (unpaired) electrons.